The van der Waals surface area contributed by atoms with Crippen LogP contribution in [0.4, 0.5) is 0 Å². The lowest BCUT2D eigenvalue weighted by Crippen LogP contribution is -2.54. The summed E-state index contributed by atoms with van der Waals surface area (Å²) in [5.74, 6) is -1.03. The number of carbonyl (C=O) groups is 3. The lowest BCUT2D eigenvalue weighted by molar-refractivity contribution is -0.129. The molecule has 12 heteroatoms. The van der Waals surface area contributed by atoms with Crippen LogP contribution in [0.2, 0.25) is 0 Å². The summed E-state index contributed by atoms with van der Waals surface area (Å²) in [7, 11) is -3.85. The summed E-state index contributed by atoms with van der Waals surface area (Å²) in [4.78, 5) is 42.1. The third-order valence-corrected chi connectivity index (χ3v) is 10.0. The van der Waals surface area contributed by atoms with Crippen LogP contribution in [0.5, 0.6) is 5.75 Å². The standard InChI is InChI=1S/C32H40N4O7S/c1-22(2)30(32(39)33-26-11-8-16-36(21-27(26)37)44(40,41)25-9-4-3-5-10-25)34-31(38)29-20-23-19-24(12-13-28(23)43-29)42-18-17-35-14-6-7-15-35/h3-5,9-10,12-13,19-20,22,26,30H,6-8,11,14-18,21H2,1-2H3,(H,33,39)(H,34,38). The van der Waals surface area contributed by atoms with Crippen molar-refractivity contribution in [2.24, 2.45) is 5.92 Å². The number of benzene rings is 2. The molecule has 0 saturated carbocycles. The number of hydrogen-bond donors (Lipinski definition) is 2. The lowest BCUT2D eigenvalue weighted by Gasteiger charge is -2.24. The van der Waals surface area contributed by atoms with E-state index < -0.39 is 39.7 Å². The number of sulfonamides is 1. The molecule has 0 spiro atoms. The van der Waals surface area contributed by atoms with Crippen molar-refractivity contribution < 1.29 is 32.0 Å². The summed E-state index contributed by atoms with van der Waals surface area (Å²) in [6, 6.07) is 13.1. The summed E-state index contributed by atoms with van der Waals surface area (Å²) < 4.78 is 39.0. The number of ketones is 1. The molecular weight excluding hydrogens is 584 g/mol. The number of hydrogen-bond acceptors (Lipinski definition) is 8. The molecule has 2 fully saturated rings. The predicted molar refractivity (Wildman–Crippen MR) is 165 cm³/mol. The van der Waals surface area contributed by atoms with Gasteiger partial charge in [-0.3, -0.25) is 19.3 Å². The molecule has 5 rings (SSSR count). The number of amides is 2. The van der Waals surface area contributed by atoms with Crippen molar-refractivity contribution in [2.45, 2.75) is 56.5 Å². The van der Waals surface area contributed by atoms with E-state index in [-0.39, 0.29) is 36.1 Å². The average molecular weight is 625 g/mol. The number of furan rings is 1. The summed E-state index contributed by atoms with van der Waals surface area (Å²) in [5.41, 5.74) is 0.520. The number of fused-ring (bicyclic) bond motifs is 1. The van der Waals surface area contributed by atoms with E-state index in [4.69, 9.17) is 9.15 Å². The monoisotopic (exact) mass is 624 g/mol. The minimum atomic E-state index is -3.85. The van der Waals surface area contributed by atoms with E-state index in [0.717, 1.165) is 23.9 Å². The zero-order valence-electron chi connectivity index (χ0n) is 25.2. The molecule has 2 aromatic carbocycles. The van der Waals surface area contributed by atoms with Crippen molar-refractivity contribution in [1.82, 2.24) is 19.8 Å². The van der Waals surface area contributed by atoms with E-state index in [1.54, 1.807) is 50.2 Å². The molecule has 2 saturated heterocycles. The first kappa shape index (κ1) is 31.7. The predicted octanol–water partition coefficient (Wildman–Crippen LogP) is 3.20. The number of likely N-dealkylation sites (tertiary alicyclic amines) is 1. The quantitative estimate of drug-likeness (QED) is 0.332. The highest BCUT2D eigenvalue weighted by atomic mass is 32.2. The highest BCUT2D eigenvalue weighted by Gasteiger charge is 2.35. The van der Waals surface area contributed by atoms with Gasteiger partial charge in [-0.1, -0.05) is 32.0 Å². The molecule has 11 nitrogen and oxygen atoms in total. The molecule has 2 aliphatic rings. The van der Waals surface area contributed by atoms with Crippen LogP contribution in [0, 0.1) is 5.92 Å². The van der Waals surface area contributed by atoms with Gasteiger partial charge in [-0.2, -0.15) is 4.31 Å². The van der Waals surface area contributed by atoms with E-state index in [0.29, 0.717) is 29.7 Å². The van der Waals surface area contributed by atoms with Crippen LogP contribution in [0.1, 0.15) is 50.1 Å². The van der Waals surface area contributed by atoms with Gasteiger partial charge in [-0.05, 0) is 81.1 Å². The Morgan fingerprint density at radius 2 is 1.77 bits per heavy atom. The van der Waals surface area contributed by atoms with Gasteiger partial charge in [-0.15, -0.1) is 0 Å². The Labute approximate surface area is 258 Å². The topological polar surface area (TPSA) is 138 Å². The van der Waals surface area contributed by atoms with Gasteiger partial charge < -0.3 is 19.8 Å². The summed E-state index contributed by atoms with van der Waals surface area (Å²) in [5, 5.41) is 6.21. The van der Waals surface area contributed by atoms with Gasteiger partial charge in [0.15, 0.2) is 11.5 Å². The second-order valence-corrected chi connectivity index (χ2v) is 13.7. The van der Waals surface area contributed by atoms with E-state index in [2.05, 4.69) is 15.5 Å². The number of rotatable bonds is 11. The van der Waals surface area contributed by atoms with Crippen molar-refractivity contribution in [1.29, 1.82) is 0 Å². The van der Waals surface area contributed by atoms with Gasteiger partial charge in [0.05, 0.1) is 17.5 Å². The number of nitrogens with zero attached hydrogens (tertiary/aromatic N) is 2. The van der Waals surface area contributed by atoms with Crippen LogP contribution in [-0.2, 0) is 19.6 Å². The molecule has 0 bridgehead atoms. The molecule has 3 heterocycles. The first-order valence-electron chi connectivity index (χ1n) is 15.2. The summed E-state index contributed by atoms with van der Waals surface area (Å²) in [6.45, 7) is 7.05. The molecular formula is C32H40N4O7S. The molecule has 1 aromatic heterocycles. The van der Waals surface area contributed by atoms with Crippen molar-refractivity contribution in [3.05, 3.63) is 60.4 Å². The maximum absolute atomic E-state index is 13.3. The number of nitrogens with one attached hydrogen (secondary N) is 2. The van der Waals surface area contributed by atoms with Crippen molar-refractivity contribution >= 4 is 38.6 Å². The second kappa shape index (κ2) is 13.9. The third kappa shape index (κ3) is 7.48. The van der Waals surface area contributed by atoms with Crippen molar-refractivity contribution in [3.63, 3.8) is 0 Å². The number of Topliss-reactive ketones (excluding diaryl/α,β-unsaturated/α-hetero) is 1. The minimum Gasteiger partial charge on any atom is -0.492 e. The van der Waals surface area contributed by atoms with E-state index in [1.807, 2.05) is 6.07 Å². The Hall–Kier alpha value is -3.74. The van der Waals surface area contributed by atoms with Gasteiger partial charge in [-0.25, -0.2) is 8.42 Å². The molecule has 2 aliphatic heterocycles. The molecule has 3 aromatic rings. The normalized spacial score (nSPS) is 19.2. The fourth-order valence-corrected chi connectivity index (χ4v) is 7.09. The molecule has 2 N–H and O–H groups in total. The molecule has 2 unspecified atom stereocenters. The third-order valence-electron chi connectivity index (χ3n) is 8.14. The van der Waals surface area contributed by atoms with Crippen LogP contribution < -0.4 is 15.4 Å². The van der Waals surface area contributed by atoms with E-state index >= 15 is 0 Å². The Morgan fingerprint density at radius 1 is 1.02 bits per heavy atom. The van der Waals surface area contributed by atoms with Crippen LogP contribution in [-0.4, -0.2) is 86.6 Å². The van der Waals surface area contributed by atoms with E-state index in [9.17, 15) is 22.8 Å². The maximum atomic E-state index is 13.3. The highest BCUT2D eigenvalue weighted by molar-refractivity contribution is 7.89. The summed E-state index contributed by atoms with van der Waals surface area (Å²) in [6.07, 6.45) is 3.13. The van der Waals surface area contributed by atoms with Gasteiger partial charge in [0.1, 0.15) is 24.0 Å². The molecule has 2 amide bonds. The molecule has 2 atom stereocenters. The van der Waals surface area contributed by atoms with Crippen LogP contribution in [0.15, 0.2) is 63.9 Å². The average Bonchev–Trinajstić information content (AvgIpc) is 3.64. The summed E-state index contributed by atoms with van der Waals surface area (Å²) >= 11 is 0. The van der Waals surface area contributed by atoms with Gasteiger partial charge >= 0.3 is 0 Å². The molecule has 44 heavy (non-hydrogen) atoms. The van der Waals surface area contributed by atoms with Crippen LogP contribution in [0.25, 0.3) is 11.0 Å². The lowest BCUT2D eigenvalue weighted by atomic mass is 10.0. The second-order valence-electron chi connectivity index (χ2n) is 11.7. The zero-order chi connectivity index (χ0) is 31.3. The fourth-order valence-electron chi connectivity index (χ4n) is 5.63. The Kier molecular flexibility index (Phi) is 10.0. The first-order chi connectivity index (χ1) is 21.1. The van der Waals surface area contributed by atoms with Crippen LogP contribution in [0.3, 0.4) is 0 Å². The van der Waals surface area contributed by atoms with Gasteiger partial charge in [0, 0.05) is 18.5 Å². The molecule has 0 aliphatic carbocycles. The fraction of sp³-hybridized carbons (Fsp3) is 0.469. The van der Waals surface area contributed by atoms with Gasteiger partial charge in [0.2, 0.25) is 15.9 Å². The maximum Gasteiger partial charge on any atom is 0.287 e. The molecule has 236 valence electrons. The molecule has 0 radical (unpaired) electrons. The smallest absolute Gasteiger partial charge is 0.287 e. The first-order valence-corrected chi connectivity index (χ1v) is 16.6. The number of carbonyl (C=O) groups excluding carboxylic acids is 3. The SMILES string of the molecule is CC(C)C(NC(=O)c1cc2cc(OCCN3CCCC3)ccc2o1)C(=O)NC1CCCN(S(=O)(=O)c2ccccc2)CC1=O. The Morgan fingerprint density at radius 3 is 2.50 bits per heavy atom. The highest BCUT2D eigenvalue weighted by Crippen LogP contribution is 2.25. The Bertz CT molecular complexity index is 1580. The Balaban J connectivity index is 1.19. The van der Waals surface area contributed by atoms with Gasteiger partial charge in [0.25, 0.3) is 5.91 Å². The van der Waals surface area contributed by atoms with Crippen LogP contribution >= 0.6 is 0 Å². The number of ether oxygens (including phenoxy) is 1. The minimum absolute atomic E-state index is 0.0555. The zero-order valence-corrected chi connectivity index (χ0v) is 26.0. The van der Waals surface area contributed by atoms with E-state index in [1.165, 1.54) is 25.0 Å². The van der Waals surface area contributed by atoms with Crippen molar-refractivity contribution in [3.8, 4) is 5.75 Å². The largest absolute Gasteiger partial charge is 0.492 e. The van der Waals surface area contributed by atoms with Crippen molar-refractivity contribution in [2.75, 3.05) is 39.3 Å².